The molecule has 0 aliphatic rings. The Kier molecular flexibility index (Phi) is 15.7. The molecular formula is C23H27F7O. The molecule has 1 aromatic rings. The first-order valence-electron chi connectivity index (χ1n) is 9.24. The Morgan fingerprint density at radius 1 is 1.06 bits per heavy atom. The van der Waals surface area contributed by atoms with Crippen molar-refractivity contribution in [3.05, 3.63) is 90.0 Å². The number of benzene rings is 1. The highest BCUT2D eigenvalue weighted by molar-refractivity contribution is 5.74. The number of hydrogen-bond acceptors (Lipinski definition) is 1. The topological polar surface area (TPSA) is 9.23 Å². The van der Waals surface area contributed by atoms with Gasteiger partial charge in [0.05, 0.1) is 0 Å². The first kappa shape index (κ1) is 30.4. The summed E-state index contributed by atoms with van der Waals surface area (Å²) >= 11 is 0. The maximum absolute atomic E-state index is 14.2. The van der Waals surface area contributed by atoms with E-state index in [0.29, 0.717) is 23.8 Å². The fourth-order valence-corrected chi connectivity index (χ4v) is 2.15. The quantitative estimate of drug-likeness (QED) is 0.166. The molecule has 1 aromatic carbocycles. The number of rotatable bonds is 8. The van der Waals surface area contributed by atoms with Gasteiger partial charge in [0.15, 0.2) is 0 Å². The summed E-state index contributed by atoms with van der Waals surface area (Å²) in [4.78, 5) is 0. The van der Waals surface area contributed by atoms with E-state index in [1.54, 1.807) is 19.9 Å². The van der Waals surface area contributed by atoms with E-state index in [-0.39, 0.29) is 11.6 Å². The van der Waals surface area contributed by atoms with Crippen molar-refractivity contribution in [2.45, 2.75) is 33.8 Å². The average Bonchev–Trinajstić information content (AvgIpc) is 2.73. The van der Waals surface area contributed by atoms with Crippen LogP contribution in [0.2, 0.25) is 0 Å². The van der Waals surface area contributed by atoms with Crippen LogP contribution in [0.1, 0.15) is 38.8 Å². The summed E-state index contributed by atoms with van der Waals surface area (Å²) in [5, 5.41) is 0. The third kappa shape index (κ3) is 9.72. The monoisotopic (exact) mass is 452 g/mol. The van der Waals surface area contributed by atoms with Gasteiger partial charge in [-0.15, -0.1) is 13.2 Å². The lowest BCUT2D eigenvalue weighted by molar-refractivity contribution is -0.224. The van der Waals surface area contributed by atoms with Gasteiger partial charge in [0, 0.05) is 6.08 Å². The van der Waals surface area contributed by atoms with Crippen molar-refractivity contribution in [3.8, 4) is 0 Å². The molecule has 0 aliphatic heterocycles. The van der Waals surface area contributed by atoms with Gasteiger partial charge in [-0.05, 0) is 43.2 Å². The lowest BCUT2D eigenvalue weighted by atomic mass is 10.0. The molecule has 8 heteroatoms. The van der Waals surface area contributed by atoms with E-state index in [1.165, 1.54) is 12.2 Å². The summed E-state index contributed by atoms with van der Waals surface area (Å²) in [6.45, 7) is 10.3. The smallest absolute Gasteiger partial charge is 0.429 e. The van der Waals surface area contributed by atoms with Crippen LogP contribution in [-0.2, 0) is 10.8 Å². The second-order valence-electron chi connectivity index (χ2n) is 5.16. The van der Waals surface area contributed by atoms with Crippen molar-refractivity contribution in [3.63, 3.8) is 0 Å². The molecular weight excluding hydrogens is 425 g/mol. The van der Waals surface area contributed by atoms with E-state index in [9.17, 15) is 30.7 Å². The third-order valence-electron chi connectivity index (χ3n) is 3.27. The molecule has 0 unspecified atom stereocenters. The van der Waals surface area contributed by atoms with Gasteiger partial charge >= 0.3 is 6.11 Å². The van der Waals surface area contributed by atoms with Gasteiger partial charge in [-0.3, -0.25) is 0 Å². The molecule has 0 radical (unpaired) electrons. The molecule has 0 heterocycles. The molecule has 0 N–H and O–H groups in total. The molecule has 0 atom stereocenters. The molecule has 0 spiro atoms. The van der Waals surface area contributed by atoms with Gasteiger partial charge in [-0.1, -0.05) is 32.1 Å². The maximum Gasteiger partial charge on any atom is 0.432 e. The predicted molar refractivity (Wildman–Crippen MR) is 112 cm³/mol. The molecule has 1 nitrogen and oxygen atoms in total. The molecule has 1 rings (SSSR count). The van der Waals surface area contributed by atoms with Gasteiger partial charge in [0.1, 0.15) is 42.1 Å². The Morgan fingerprint density at radius 2 is 1.58 bits per heavy atom. The number of hydrogen-bond donors (Lipinski definition) is 0. The Hall–Kier alpha value is -2.77. The van der Waals surface area contributed by atoms with Crippen LogP contribution in [0, 0.1) is 11.6 Å². The van der Waals surface area contributed by atoms with E-state index < -0.39 is 48.2 Å². The summed E-state index contributed by atoms with van der Waals surface area (Å²) in [6.07, 6.45) is 0.581. The largest absolute Gasteiger partial charge is 0.432 e. The number of allylic oxidation sites excluding steroid dienone is 7. The van der Waals surface area contributed by atoms with Crippen LogP contribution < -0.4 is 0 Å². The molecule has 0 amide bonds. The van der Waals surface area contributed by atoms with Crippen molar-refractivity contribution in [2.75, 3.05) is 13.3 Å². The Bertz CT molecular complexity index is 770. The van der Waals surface area contributed by atoms with Crippen molar-refractivity contribution >= 4 is 5.57 Å². The van der Waals surface area contributed by atoms with Crippen molar-refractivity contribution in [1.82, 2.24) is 0 Å². The normalized spacial score (nSPS) is 12.7. The molecule has 0 saturated carbocycles. The van der Waals surface area contributed by atoms with Crippen molar-refractivity contribution in [2.24, 2.45) is 0 Å². The zero-order valence-corrected chi connectivity index (χ0v) is 17.9. The highest BCUT2D eigenvalue weighted by Gasteiger charge is 2.41. The SMILES string of the molecule is C/C=C\C(=C/C)c1cc(F)c(C(F)(F)OC(/C=C(/F)CF)=C/CF)c(F)c1.C=C.CC. The lowest BCUT2D eigenvalue weighted by Crippen LogP contribution is -2.22. The van der Waals surface area contributed by atoms with E-state index in [4.69, 9.17) is 0 Å². The second-order valence-corrected chi connectivity index (χ2v) is 5.16. The second kappa shape index (κ2) is 16.0. The zero-order valence-electron chi connectivity index (χ0n) is 17.9. The van der Waals surface area contributed by atoms with Gasteiger partial charge in [-0.2, -0.15) is 8.78 Å². The molecule has 0 fully saturated rings. The number of alkyl halides is 4. The molecule has 0 aromatic heterocycles. The van der Waals surface area contributed by atoms with Crippen molar-refractivity contribution in [1.29, 1.82) is 0 Å². The fourth-order valence-electron chi connectivity index (χ4n) is 2.15. The predicted octanol–water partition coefficient (Wildman–Crippen LogP) is 8.51. The minimum absolute atomic E-state index is 0.00745. The Morgan fingerprint density at radius 3 is 1.97 bits per heavy atom. The first-order valence-corrected chi connectivity index (χ1v) is 9.24. The van der Waals surface area contributed by atoms with Gasteiger partial charge in [-0.25, -0.2) is 22.0 Å². The van der Waals surface area contributed by atoms with Gasteiger partial charge < -0.3 is 4.74 Å². The number of halogens is 7. The Balaban J connectivity index is 0. The summed E-state index contributed by atoms with van der Waals surface area (Å²) in [5.41, 5.74) is -1.34. The summed E-state index contributed by atoms with van der Waals surface area (Å²) < 4.78 is 98.4. The fraction of sp³-hybridized carbons (Fsp3) is 0.304. The minimum Gasteiger partial charge on any atom is -0.429 e. The van der Waals surface area contributed by atoms with Crippen LogP contribution in [-0.4, -0.2) is 13.3 Å². The van der Waals surface area contributed by atoms with Crippen LogP contribution in [0.5, 0.6) is 0 Å². The van der Waals surface area contributed by atoms with Crippen LogP contribution in [0.15, 0.2) is 67.3 Å². The van der Waals surface area contributed by atoms with E-state index in [0.717, 1.165) is 0 Å². The van der Waals surface area contributed by atoms with Crippen LogP contribution in [0.3, 0.4) is 0 Å². The summed E-state index contributed by atoms with van der Waals surface area (Å²) in [7, 11) is 0. The lowest BCUT2D eigenvalue weighted by Gasteiger charge is -2.20. The van der Waals surface area contributed by atoms with E-state index in [2.05, 4.69) is 17.9 Å². The van der Waals surface area contributed by atoms with Gasteiger partial charge in [0.2, 0.25) is 0 Å². The minimum atomic E-state index is -4.60. The van der Waals surface area contributed by atoms with Crippen LogP contribution >= 0.6 is 0 Å². The Labute approximate surface area is 178 Å². The van der Waals surface area contributed by atoms with Crippen LogP contribution in [0.25, 0.3) is 5.57 Å². The average molecular weight is 452 g/mol. The van der Waals surface area contributed by atoms with E-state index >= 15 is 0 Å². The maximum atomic E-state index is 14.2. The molecule has 31 heavy (non-hydrogen) atoms. The van der Waals surface area contributed by atoms with Crippen molar-refractivity contribution < 1.29 is 35.5 Å². The van der Waals surface area contributed by atoms with Gasteiger partial charge in [0.25, 0.3) is 0 Å². The zero-order chi connectivity index (χ0) is 24.6. The first-order chi connectivity index (χ1) is 14.7. The summed E-state index contributed by atoms with van der Waals surface area (Å²) in [6, 6.07) is 1.36. The highest BCUT2D eigenvalue weighted by Crippen LogP contribution is 2.37. The molecule has 174 valence electrons. The number of ether oxygens (including phenoxy) is 1. The third-order valence-corrected chi connectivity index (χ3v) is 3.27. The molecule has 0 aliphatic carbocycles. The van der Waals surface area contributed by atoms with Crippen LogP contribution in [0.4, 0.5) is 30.7 Å². The van der Waals surface area contributed by atoms with E-state index in [1.807, 2.05) is 13.8 Å². The standard InChI is InChI=1S/C19H17F7O.C2H6.C2H4/c1-3-5-12(4-2)13-8-16(23)18(17(24)9-13)19(25,26)27-15(6-7-20)10-14(22)11-21;2*1-2/h3-6,8-10H,7,11H2,1-2H3;1-2H3;1-2H2/b5-3-,12-4+,14-10+,15-6+;;. The highest BCUT2D eigenvalue weighted by atomic mass is 19.3. The molecule has 0 saturated heterocycles. The summed E-state index contributed by atoms with van der Waals surface area (Å²) in [5.74, 6) is -5.86. The molecule has 0 bridgehead atoms.